The van der Waals surface area contributed by atoms with Crippen LogP contribution in [-0.2, 0) is 12.7 Å². The van der Waals surface area contributed by atoms with Crippen molar-refractivity contribution in [3.63, 3.8) is 0 Å². The number of benzene rings is 8. The van der Waals surface area contributed by atoms with Crippen LogP contribution in [0.5, 0.6) is 28.7 Å². The van der Waals surface area contributed by atoms with Gasteiger partial charge in [-0.3, -0.25) is 24.1 Å². The highest BCUT2D eigenvalue weighted by molar-refractivity contribution is 6.32. The zero-order chi connectivity index (χ0) is 79.2. The van der Waals surface area contributed by atoms with Crippen molar-refractivity contribution >= 4 is 75.5 Å². The molecule has 1 aliphatic rings. The number of nitrogens with one attached hydrogen (secondary N) is 4. The van der Waals surface area contributed by atoms with E-state index in [4.69, 9.17) is 58.5 Å². The highest BCUT2D eigenvalue weighted by atomic mass is 35.5. The Hall–Kier alpha value is -8.90. The van der Waals surface area contributed by atoms with Crippen LogP contribution in [0, 0.1) is 48.5 Å². The van der Waals surface area contributed by atoms with E-state index in [2.05, 4.69) is 56.9 Å². The van der Waals surface area contributed by atoms with Gasteiger partial charge in [0.1, 0.15) is 60.7 Å². The molecule has 18 nitrogen and oxygen atoms in total. The normalized spacial score (nSPS) is 12.2. The second-order valence-electron chi connectivity index (χ2n) is 26.7. The Bertz CT molecular complexity index is 4260. The molecule has 8 aromatic rings. The van der Waals surface area contributed by atoms with Gasteiger partial charge in [0.15, 0.2) is 0 Å². The summed E-state index contributed by atoms with van der Waals surface area (Å²) in [6.07, 6.45) is -4.45. The average Bonchev–Trinajstić information content (AvgIpc) is 0.834. The number of likely N-dealkylation sites (N-methyl/N-ethyl adjacent to an activating group) is 4. The molecule has 4 N–H and O–H groups in total. The number of anilines is 3. The van der Waals surface area contributed by atoms with Crippen LogP contribution >= 0.6 is 34.8 Å². The van der Waals surface area contributed by atoms with Gasteiger partial charge < -0.3 is 64.6 Å². The van der Waals surface area contributed by atoms with Crippen LogP contribution in [0.2, 0.25) is 15.1 Å². The highest BCUT2D eigenvalue weighted by Gasteiger charge is 2.33. The summed E-state index contributed by atoms with van der Waals surface area (Å²) in [7, 11) is 9.93. The molecule has 1 saturated heterocycles. The Balaban J connectivity index is 0.000000226. The average molecular weight is 1550 g/mol. The first-order valence-corrected chi connectivity index (χ1v) is 37.2. The monoisotopic (exact) mass is 1550 g/mol. The Labute approximate surface area is 651 Å². The molecule has 0 radical (unpaired) electrons. The van der Waals surface area contributed by atoms with E-state index in [9.17, 15) is 32.3 Å². The number of carbonyl (C=O) groups excluding carboxylic acids is 4. The molecule has 0 atom stereocenters. The largest absolute Gasteiger partial charge is 0.493 e. The number of hydrogen-bond acceptors (Lipinski definition) is 14. The molecule has 0 bridgehead atoms. The molecular formula is C84H105Cl3F3N9O9. The van der Waals surface area contributed by atoms with Gasteiger partial charge in [0.2, 0.25) is 0 Å². The first-order chi connectivity index (χ1) is 51.4. The molecule has 0 aliphatic carbocycles. The third-order valence-corrected chi connectivity index (χ3v) is 18.8. The van der Waals surface area contributed by atoms with Gasteiger partial charge >= 0.3 is 6.18 Å². The Morgan fingerprint density at radius 2 is 0.889 bits per heavy atom. The summed E-state index contributed by atoms with van der Waals surface area (Å²) in [5.41, 5.74) is 9.40. The van der Waals surface area contributed by atoms with E-state index in [1.165, 1.54) is 13.0 Å². The zero-order valence-electron chi connectivity index (χ0n) is 64.8. The SMILES string of the molecule is CCN(CC)CCOc1cccc(C)c1C(=O)Nc1ccc(Cl)c(C)c1.CCOc1cccc(OCCN(C)C)c1C(=O)NCc1ccc(C)c(C(F)(F)F)c1.Cc1cc(NC(=O)c2c(C)cccc2OCCN2CCN(C)CC2)ccc1Cl.Cc1ccc(C(=O)Nc2ccc(Cl)c(C)c2)c(OCCN(C)C)c1. The predicted molar refractivity (Wildman–Crippen MR) is 432 cm³/mol. The maximum absolute atomic E-state index is 13.1. The number of alkyl halides is 3. The summed E-state index contributed by atoms with van der Waals surface area (Å²) < 4.78 is 68.5. The third-order valence-electron chi connectivity index (χ3n) is 17.5. The summed E-state index contributed by atoms with van der Waals surface area (Å²) in [5, 5.41) is 13.5. The van der Waals surface area contributed by atoms with Crippen molar-refractivity contribution in [3.05, 3.63) is 233 Å². The summed E-state index contributed by atoms with van der Waals surface area (Å²) in [6.45, 7) is 30.7. The fourth-order valence-electron chi connectivity index (χ4n) is 11.1. The van der Waals surface area contributed by atoms with Crippen LogP contribution in [0.4, 0.5) is 30.2 Å². The highest BCUT2D eigenvalue weighted by Crippen LogP contribution is 2.34. The fraction of sp³-hybridized carbons (Fsp3) is 0.381. The molecule has 1 fully saturated rings. The Kier molecular flexibility index (Phi) is 35.8. The molecule has 1 heterocycles. The number of aryl methyl sites for hydroxylation is 7. The third kappa shape index (κ3) is 28.3. The second-order valence-corrected chi connectivity index (χ2v) is 27.9. The number of rotatable bonds is 29. The molecule has 0 unspecified atom stereocenters. The van der Waals surface area contributed by atoms with E-state index in [1.54, 1.807) is 73.7 Å². The molecule has 108 heavy (non-hydrogen) atoms. The molecule has 4 amide bonds. The molecule has 0 saturated carbocycles. The number of halogens is 6. The van der Waals surface area contributed by atoms with Gasteiger partial charge in [-0.25, -0.2) is 0 Å². The van der Waals surface area contributed by atoms with Crippen molar-refractivity contribution in [2.75, 3.05) is 150 Å². The van der Waals surface area contributed by atoms with Gasteiger partial charge in [-0.15, -0.1) is 0 Å². The van der Waals surface area contributed by atoms with Gasteiger partial charge in [0.05, 0.1) is 28.9 Å². The topological polar surface area (TPSA) is 179 Å². The summed E-state index contributed by atoms with van der Waals surface area (Å²) >= 11 is 18.2. The minimum Gasteiger partial charge on any atom is -0.493 e. The fourth-order valence-corrected chi connectivity index (χ4v) is 11.5. The first kappa shape index (κ1) is 88.0. The number of nitrogens with zero attached hydrogens (tertiary/aromatic N) is 5. The lowest BCUT2D eigenvalue weighted by atomic mass is 10.0. The van der Waals surface area contributed by atoms with Gasteiger partial charge in [-0.05, 0) is 245 Å². The lowest BCUT2D eigenvalue weighted by Crippen LogP contribution is -2.45. The van der Waals surface area contributed by atoms with Gasteiger partial charge in [-0.1, -0.05) is 97.2 Å². The Morgan fingerprint density at radius 1 is 0.454 bits per heavy atom. The van der Waals surface area contributed by atoms with E-state index >= 15 is 0 Å². The van der Waals surface area contributed by atoms with Crippen molar-refractivity contribution in [1.29, 1.82) is 0 Å². The van der Waals surface area contributed by atoms with Crippen LogP contribution in [0.1, 0.15) is 112 Å². The first-order valence-electron chi connectivity index (χ1n) is 36.1. The number of ether oxygens (including phenoxy) is 5. The maximum Gasteiger partial charge on any atom is 0.416 e. The maximum atomic E-state index is 13.1. The van der Waals surface area contributed by atoms with Crippen LogP contribution in [0.25, 0.3) is 0 Å². The van der Waals surface area contributed by atoms with Crippen molar-refractivity contribution in [3.8, 4) is 28.7 Å². The van der Waals surface area contributed by atoms with Crippen LogP contribution < -0.4 is 45.0 Å². The van der Waals surface area contributed by atoms with Gasteiger partial charge in [0.25, 0.3) is 23.6 Å². The molecule has 24 heteroatoms. The van der Waals surface area contributed by atoms with Gasteiger partial charge in [0, 0.05) is 91.0 Å². The summed E-state index contributed by atoms with van der Waals surface area (Å²) in [4.78, 5) is 62.2. The molecule has 9 rings (SSSR count). The Morgan fingerprint density at radius 3 is 1.34 bits per heavy atom. The molecular weight excluding hydrogens is 1440 g/mol. The second kappa shape index (κ2) is 43.9. The van der Waals surface area contributed by atoms with E-state index in [1.807, 2.05) is 146 Å². The molecule has 1 aliphatic heterocycles. The van der Waals surface area contributed by atoms with Crippen molar-refractivity contribution < 1.29 is 56.0 Å². The summed E-state index contributed by atoms with van der Waals surface area (Å²) in [6, 6.07) is 42.3. The standard InChI is InChI=1S/C22H28ClN3O2.C22H27F3N2O3.C21H27ClN2O2.C19H23ClN2O2/c1-16-5-4-6-20(28-14-13-26-11-9-25(3)10-12-26)21(16)22(27)24-18-7-8-19(23)17(2)15-18;1-5-29-18-7-6-8-19(30-12-11-27(3)4)20(18)21(28)26-14-16-10-9-15(2)17(13-16)22(23,24)25;1-5-24(6-2)12-13-26-19-9-7-8-15(3)20(19)21(25)23-17-10-11-18(22)16(4)14-17;1-13-5-7-16(18(11-13)24-10-9-22(3)4)19(23)21-15-6-8-17(20)14(2)12-15/h4-8,15H,9-14H2,1-3H3,(H,24,27);6-10,13H,5,11-12,14H2,1-4H3,(H,26,28);7-11,14H,5-6,12-13H2,1-4H3,(H,23,25);5-8,11-12H,9-10H2,1-4H3,(H,21,23). The zero-order valence-corrected chi connectivity index (χ0v) is 67.1. The molecule has 0 aromatic heterocycles. The van der Waals surface area contributed by atoms with Crippen molar-refractivity contribution in [2.24, 2.45) is 0 Å². The van der Waals surface area contributed by atoms with E-state index in [0.29, 0.717) is 117 Å². The lowest BCUT2D eigenvalue weighted by molar-refractivity contribution is -0.138. The van der Waals surface area contributed by atoms with Crippen molar-refractivity contribution in [1.82, 2.24) is 29.8 Å². The molecule has 8 aromatic carbocycles. The number of hydrogen-bond donors (Lipinski definition) is 4. The van der Waals surface area contributed by atoms with Gasteiger partial charge in [-0.2, -0.15) is 13.2 Å². The van der Waals surface area contributed by atoms with Crippen LogP contribution in [0.15, 0.2) is 146 Å². The lowest BCUT2D eigenvalue weighted by Gasteiger charge is -2.32. The smallest absolute Gasteiger partial charge is 0.416 e. The molecule has 0 spiro atoms. The number of carbonyl (C=O) groups is 4. The predicted octanol–water partition coefficient (Wildman–Crippen LogP) is 17.2. The van der Waals surface area contributed by atoms with Crippen molar-refractivity contribution in [2.45, 2.75) is 82.0 Å². The number of piperazine rings is 1. The molecule has 582 valence electrons. The number of amides is 4. The minimum absolute atomic E-state index is 0.0558. The van der Waals surface area contributed by atoms with Crippen LogP contribution in [0.3, 0.4) is 0 Å². The van der Waals surface area contributed by atoms with E-state index in [0.717, 1.165) is 104 Å². The van der Waals surface area contributed by atoms with E-state index in [-0.39, 0.29) is 35.4 Å². The van der Waals surface area contributed by atoms with E-state index < -0.39 is 17.6 Å². The van der Waals surface area contributed by atoms with Crippen LogP contribution in [-0.4, -0.2) is 182 Å². The minimum atomic E-state index is -4.45. The summed E-state index contributed by atoms with van der Waals surface area (Å²) in [5.74, 6) is 1.52. The quantitative estimate of drug-likeness (QED) is 0.0348.